The number of hydrogen-bond acceptors (Lipinski definition) is 2. The summed E-state index contributed by atoms with van der Waals surface area (Å²) >= 11 is 1.53. The maximum atomic E-state index is 12.9. The van der Waals surface area contributed by atoms with Crippen LogP contribution < -0.4 is 0 Å². The SMILES string of the molecule is Cc1ccc(N=C(C=CSc2ccc(C)cc2)c2ccc(C(F)(F)F)cc2)cc1. The zero-order valence-corrected chi connectivity index (χ0v) is 16.9. The fourth-order valence-electron chi connectivity index (χ4n) is 2.58. The molecular weight excluding hydrogens is 391 g/mol. The van der Waals surface area contributed by atoms with Gasteiger partial charge in [-0.15, -0.1) is 0 Å². The second-order valence-electron chi connectivity index (χ2n) is 6.64. The van der Waals surface area contributed by atoms with Crippen LogP contribution in [0.15, 0.2) is 94.2 Å². The number of benzene rings is 3. The van der Waals surface area contributed by atoms with E-state index < -0.39 is 11.7 Å². The molecule has 0 bridgehead atoms. The third-order valence-corrected chi connectivity index (χ3v) is 5.06. The molecular formula is C24H20F3NS. The van der Waals surface area contributed by atoms with E-state index in [1.54, 1.807) is 0 Å². The van der Waals surface area contributed by atoms with Crippen LogP contribution in [0.1, 0.15) is 22.3 Å². The van der Waals surface area contributed by atoms with E-state index in [0.717, 1.165) is 28.3 Å². The highest BCUT2D eigenvalue weighted by Gasteiger charge is 2.30. The monoisotopic (exact) mass is 411 g/mol. The summed E-state index contributed by atoms with van der Waals surface area (Å²) in [5.41, 5.74) is 3.60. The number of thioether (sulfide) groups is 1. The van der Waals surface area contributed by atoms with Crippen molar-refractivity contribution >= 4 is 23.2 Å². The molecule has 1 nitrogen and oxygen atoms in total. The largest absolute Gasteiger partial charge is 0.416 e. The van der Waals surface area contributed by atoms with Crippen LogP contribution in [0.25, 0.3) is 0 Å². The molecule has 0 amide bonds. The van der Waals surface area contributed by atoms with Gasteiger partial charge in [0.15, 0.2) is 0 Å². The van der Waals surface area contributed by atoms with Gasteiger partial charge in [0.2, 0.25) is 0 Å². The van der Waals surface area contributed by atoms with E-state index in [0.29, 0.717) is 11.3 Å². The van der Waals surface area contributed by atoms with Crippen molar-refractivity contribution in [1.29, 1.82) is 0 Å². The highest BCUT2D eigenvalue weighted by atomic mass is 32.2. The third-order valence-electron chi connectivity index (χ3n) is 4.24. The van der Waals surface area contributed by atoms with Gasteiger partial charge in [-0.05, 0) is 61.7 Å². The summed E-state index contributed by atoms with van der Waals surface area (Å²) < 4.78 is 38.6. The molecule has 0 aromatic heterocycles. The predicted molar refractivity (Wildman–Crippen MR) is 115 cm³/mol. The molecule has 3 rings (SSSR count). The molecule has 0 saturated carbocycles. The second kappa shape index (κ2) is 9.14. The van der Waals surface area contributed by atoms with E-state index in [9.17, 15) is 13.2 Å². The fourth-order valence-corrected chi connectivity index (χ4v) is 3.23. The lowest BCUT2D eigenvalue weighted by Gasteiger charge is -2.08. The summed E-state index contributed by atoms with van der Waals surface area (Å²) in [7, 11) is 0. The van der Waals surface area contributed by atoms with E-state index in [4.69, 9.17) is 0 Å². The van der Waals surface area contributed by atoms with E-state index in [-0.39, 0.29) is 0 Å². The maximum Gasteiger partial charge on any atom is 0.416 e. The van der Waals surface area contributed by atoms with E-state index >= 15 is 0 Å². The Balaban J connectivity index is 1.89. The lowest BCUT2D eigenvalue weighted by atomic mass is 10.1. The zero-order valence-electron chi connectivity index (χ0n) is 16.1. The quantitative estimate of drug-likeness (QED) is 0.309. The minimum Gasteiger partial charge on any atom is -0.248 e. The Kier molecular flexibility index (Phi) is 6.60. The van der Waals surface area contributed by atoms with E-state index in [1.165, 1.54) is 29.5 Å². The minimum atomic E-state index is -4.36. The maximum absolute atomic E-state index is 12.9. The number of hydrogen-bond donors (Lipinski definition) is 0. The number of allylic oxidation sites excluding steroid dienone is 1. The van der Waals surface area contributed by atoms with Gasteiger partial charge in [-0.2, -0.15) is 13.2 Å². The van der Waals surface area contributed by atoms with Gasteiger partial charge < -0.3 is 0 Å². The molecule has 0 heterocycles. The van der Waals surface area contributed by atoms with Crippen LogP contribution >= 0.6 is 11.8 Å². The van der Waals surface area contributed by atoms with Crippen LogP contribution in [0.4, 0.5) is 18.9 Å². The van der Waals surface area contributed by atoms with Crippen LogP contribution in [-0.2, 0) is 6.18 Å². The Hall–Kier alpha value is -2.79. The summed E-state index contributed by atoms with van der Waals surface area (Å²) in [6.07, 6.45) is -2.53. The smallest absolute Gasteiger partial charge is 0.248 e. The molecule has 0 radical (unpaired) electrons. The van der Waals surface area contributed by atoms with Crippen LogP contribution in [-0.4, -0.2) is 5.71 Å². The first-order valence-corrected chi connectivity index (χ1v) is 9.92. The van der Waals surface area contributed by atoms with Gasteiger partial charge in [-0.1, -0.05) is 59.3 Å². The predicted octanol–water partition coefficient (Wildman–Crippen LogP) is 7.75. The first kappa shape index (κ1) is 20.9. The second-order valence-corrected chi connectivity index (χ2v) is 7.62. The van der Waals surface area contributed by atoms with Gasteiger partial charge in [-0.3, -0.25) is 0 Å². The normalized spacial score (nSPS) is 12.5. The van der Waals surface area contributed by atoms with Crippen molar-refractivity contribution in [3.05, 3.63) is 107 Å². The van der Waals surface area contributed by atoms with Crippen LogP contribution in [0.2, 0.25) is 0 Å². The molecule has 5 heteroatoms. The topological polar surface area (TPSA) is 12.4 Å². The molecule has 148 valence electrons. The Bertz CT molecular complexity index is 1000. The Morgan fingerprint density at radius 3 is 1.90 bits per heavy atom. The number of aliphatic imine (C=N–C) groups is 1. The fraction of sp³-hybridized carbons (Fsp3) is 0.125. The van der Waals surface area contributed by atoms with Gasteiger partial charge in [-0.25, -0.2) is 4.99 Å². The van der Waals surface area contributed by atoms with Crippen molar-refractivity contribution < 1.29 is 13.2 Å². The lowest BCUT2D eigenvalue weighted by molar-refractivity contribution is -0.137. The summed E-state index contributed by atoms with van der Waals surface area (Å²) in [6.45, 7) is 4.02. The number of nitrogens with zero attached hydrogens (tertiary/aromatic N) is 1. The van der Waals surface area contributed by atoms with E-state index in [2.05, 4.69) is 4.99 Å². The number of rotatable bonds is 5. The summed E-state index contributed by atoms with van der Waals surface area (Å²) in [5.74, 6) is 0. The number of aryl methyl sites for hydroxylation is 2. The van der Waals surface area contributed by atoms with Crippen molar-refractivity contribution in [2.45, 2.75) is 24.9 Å². The Morgan fingerprint density at radius 1 is 0.793 bits per heavy atom. The van der Waals surface area contributed by atoms with Gasteiger partial charge in [0.05, 0.1) is 17.0 Å². The minimum absolute atomic E-state index is 0.599. The molecule has 0 aliphatic rings. The molecule has 0 aliphatic heterocycles. The third kappa shape index (κ3) is 6.09. The molecule has 0 saturated heterocycles. The molecule has 0 atom stereocenters. The molecule has 29 heavy (non-hydrogen) atoms. The van der Waals surface area contributed by atoms with Crippen LogP contribution in [0.3, 0.4) is 0 Å². The van der Waals surface area contributed by atoms with E-state index in [1.807, 2.05) is 73.9 Å². The van der Waals surface area contributed by atoms with Crippen molar-refractivity contribution in [3.8, 4) is 0 Å². The molecule has 3 aromatic rings. The van der Waals surface area contributed by atoms with Crippen molar-refractivity contribution in [3.63, 3.8) is 0 Å². The molecule has 0 N–H and O–H groups in total. The highest BCUT2D eigenvalue weighted by Crippen LogP contribution is 2.29. The highest BCUT2D eigenvalue weighted by molar-refractivity contribution is 8.02. The first-order valence-electron chi connectivity index (χ1n) is 9.04. The standard InChI is InChI=1S/C24H20F3NS/c1-17-3-11-21(12-4-17)28-23(15-16-29-22-13-5-18(2)6-14-22)19-7-9-20(10-8-19)24(25,26)27/h3-16H,1-2H3. The first-order chi connectivity index (χ1) is 13.8. The van der Waals surface area contributed by atoms with Gasteiger partial charge >= 0.3 is 6.18 Å². The molecule has 0 aliphatic carbocycles. The molecule has 0 fully saturated rings. The zero-order chi connectivity index (χ0) is 20.9. The number of alkyl halides is 3. The van der Waals surface area contributed by atoms with Gasteiger partial charge in [0, 0.05) is 10.5 Å². The van der Waals surface area contributed by atoms with Gasteiger partial charge in [0.1, 0.15) is 0 Å². The molecule has 0 unspecified atom stereocenters. The summed E-state index contributed by atoms with van der Waals surface area (Å²) in [5, 5.41) is 1.90. The molecule has 3 aromatic carbocycles. The van der Waals surface area contributed by atoms with Crippen molar-refractivity contribution in [2.24, 2.45) is 4.99 Å². The van der Waals surface area contributed by atoms with Crippen molar-refractivity contribution in [1.82, 2.24) is 0 Å². The average Bonchev–Trinajstić information content (AvgIpc) is 2.70. The summed E-state index contributed by atoms with van der Waals surface area (Å²) in [6, 6.07) is 20.9. The van der Waals surface area contributed by atoms with Gasteiger partial charge in [0.25, 0.3) is 0 Å². The van der Waals surface area contributed by atoms with Crippen LogP contribution in [0.5, 0.6) is 0 Å². The average molecular weight is 411 g/mol. The Morgan fingerprint density at radius 2 is 1.34 bits per heavy atom. The molecule has 0 spiro atoms. The Labute approximate surface area is 173 Å². The van der Waals surface area contributed by atoms with Crippen molar-refractivity contribution in [2.75, 3.05) is 0 Å². The lowest BCUT2D eigenvalue weighted by Crippen LogP contribution is -2.05. The van der Waals surface area contributed by atoms with Crippen LogP contribution in [0, 0.1) is 13.8 Å². The number of halogens is 3. The summed E-state index contributed by atoms with van der Waals surface area (Å²) in [4.78, 5) is 5.72.